The highest BCUT2D eigenvalue weighted by atomic mass is 16.8. The SMILES string of the molecule is CCCn1cnc2cnc(C[C@]3([C@H](CC(C)C)NC(=O)OC(C)(C)C)OC(C)(C)OC3=O)cc21. The molecule has 9 heteroatoms. The third-order valence-corrected chi connectivity index (χ3v) is 5.55. The molecule has 9 nitrogen and oxygen atoms in total. The predicted octanol–water partition coefficient (Wildman–Crippen LogP) is 4.37. The molecule has 2 aromatic rings. The van der Waals surface area contributed by atoms with Gasteiger partial charge in [0.25, 0.3) is 0 Å². The Morgan fingerprint density at radius 2 is 1.97 bits per heavy atom. The van der Waals surface area contributed by atoms with Crippen LogP contribution in [0.15, 0.2) is 18.6 Å². The van der Waals surface area contributed by atoms with Crippen LogP contribution < -0.4 is 5.32 Å². The number of alkyl carbamates (subject to hydrolysis) is 1. The third-order valence-electron chi connectivity index (χ3n) is 5.55. The summed E-state index contributed by atoms with van der Waals surface area (Å²) in [7, 11) is 0. The summed E-state index contributed by atoms with van der Waals surface area (Å²) in [6.07, 6.45) is 4.48. The molecule has 1 aliphatic heterocycles. The first-order valence-corrected chi connectivity index (χ1v) is 12.0. The van der Waals surface area contributed by atoms with E-state index in [1.165, 1.54) is 0 Å². The van der Waals surface area contributed by atoms with Crippen LogP contribution in [0.3, 0.4) is 0 Å². The number of fused-ring (bicyclic) bond motifs is 1. The number of ether oxygens (including phenoxy) is 3. The van der Waals surface area contributed by atoms with Crippen molar-refractivity contribution >= 4 is 23.1 Å². The zero-order chi connectivity index (χ0) is 25.3. The van der Waals surface area contributed by atoms with E-state index in [0.717, 1.165) is 24.0 Å². The molecule has 1 saturated heterocycles. The summed E-state index contributed by atoms with van der Waals surface area (Å²) in [5.41, 5.74) is 0.237. The second kappa shape index (κ2) is 9.52. The maximum absolute atomic E-state index is 13.4. The van der Waals surface area contributed by atoms with Gasteiger partial charge < -0.3 is 24.1 Å². The summed E-state index contributed by atoms with van der Waals surface area (Å²) < 4.78 is 19.5. The highest BCUT2D eigenvalue weighted by molar-refractivity contribution is 5.84. The van der Waals surface area contributed by atoms with E-state index in [9.17, 15) is 9.59 Å². The number of cyclic esters (lactones) is 1. The van der Waals surface area contributed by atoms with Crippen molar-refractivity contribution in [1.29, 1.82) is 0 Å². The number of hydrogen-bond donors (Lipinski definition) is 1. The molecule has 2 atom stereocenters. The van der Waals surface area contributed by atoms with Gasteiger partial charge in [0, 0.05) is 32.5 Å². The Hall–Kier alpha value is -2.68. The molecule has 1 amide bonds. The lowest BCUT2D eigenvalue weighted by Gasteiger charge is -2.36. The fourth-order valence-corrected chi connectivity index (χ4v) is 4.33. The zero-order valence-electron chi connectivity index (χ0n) is 21.6. The van der Waals surface area contributed by atoms with Crippen molar-refractivity contribution in [2.24, 2.45) is 5.92 Å². The Kier molecular flexibility index (Phi) is 7.26. The summed E-state index contributed by atoms with van der Waals surface area (Å²) in [5, 5.41) is 2.91. The number of rotatable bonds is 8. The number of amides is 1. The van der Waals surface area contributed by atoms with Crippen LogP contribution in [0.1, 0.15) is 73.9 Å². The highest BCUT2D eigenvalue weighted by Crippen LogP contribution is 2.39. The monoisotopic (exact) mass is 474 g/mol. The molecule has 0 aliphatic carbocycles. The topological polar surface area (TPSA) is 105 Å². The molecule has 1 fully saturated rings. The molecule has 0 bridgehead atoms. The van der Waals surface area contributed by atoms with Crippen LogP contribution in [0.25, 0.3) is 11.0 Å². The lowest BCUT2D eigenvalue weighted by Crippen LogP contribution is -2.59. The van der Waals surface area contributed by atoms with E-state index in [1.54, 1.807) is 47.1 Å². The predicted molar refractivity (Wildman–Crippen MR) is 128 cm³/mol. The summed E-state index contributed by atoms with van der Waals surface area (Å²) >= 11 is 0. The Morgan fingerprint density at radius 1 is 1.26 bits per heavy atom. The summed E-state index contributed by atoms with van der Waals surface area (Å²) in [6, 6.07) is 1.25. The first-order chi connectivity index (χ1) is 15.7. The molecule has 0 unspecified atom stereocenters. The molecule has 1 aliphatic rings. The van der Waals surface area contributed by atoms with E-state index < -0.39 is 35.1 Å². The van der Waals surface area contributed by atoms with Gasteiger partial charge in [-0.05, 0) is 45.6 Å². The third kappa shape index (κ3) is 5.87. The number of carbonyl (C=O) groups is 2. The molecule has 0 spiro atoms. The minimum absolute atomic E-state index is 0.135. The number of pyridine rings is 1. The average molecular weight is 475 g/mol. The van der Waals surface area contributed by atoms with Gasteiger partial charge >= 0.3 is 12.1 Å². The first kappa shape index (κ1) is 25.9. The van der Waals surface area contributed by atoms with Gasteiger partial charge in [-0.25, -0.2) is 14.6 Å². The Morgan fingerprint density at radius 3 is 2.53 bits per heavy atom. The van der Waals surface area contributed by atoms with Crippen LogP contribution in [0.2, 0.25) is 0 Å². The number of carbonyl (C=O) groups excluding carboxylic acids is 2. The van der Waals surface area contributed by atoms with E-state index in [4.69, 9.17) is 14.2 Å². The zero-order valence-corrected chi connectivity index (χ0v) is 21.6. The molecule has 34 heavy (non-hydrogen) atoms. The van der Waals surface area contributed by atoms with Gasteiger partial charge in [0.2, 0.25) is 5.79 Å². The van der Waals surface area contributed by atoms with Crippen LogP contribution in [0.5, 0.6) is 0 Å². The molecule has 188 valence electrons. The average Bonchev–Trinajstić information content (AvgIpc) is 3.17. The summed E-state index contributed by atoms with van der Waals surface area (Å²) in [6.45, 7) is 15.7. The number of esters is 1. The van der Waals surface area contributed by atoms with Gasteiger partial charge in [-0.3, -0.25) is 4.98 Å². The molecular formula is C25H38N4O5. The standard InChI is InChI=1S/C25H38N4O5/c1-9-10-29-15-27-18-14-26-17(12-19(18)29)13-25(21(30)32-24(7,8)34-25)20(11-16(2)3)28-22(31)33-23(4,5)6/h12,14-16,20H,9-11,13H2,1-8H3,(H,28,31)/t20-,25+/m0/s1. The quantitative estimate of drug-likeness (QED) is 0.566. The number of nitrogens with zero attached hydrogens (tertiary/aromatic N) is 3. The smallest absolute Gasteiger partial charge is 0.407 e. The Bertz CT molecular complexity index is 1040. The van der Waals surface area contributed by atoms with Crippen LogP contribution in [0, 0.1) is 5.92 Å². The van der Waals surface area contributed by atoms with Crippen LogP contribution >= 0.6 is 0 Å². The van der Waals surface area contributed by atoms with Gasteiger partial charge in [-0.15, -0.1) is 0 Å². The van der Waals surface area contributed by atoms with E-state index in [-0.39, 0.29) is 12.3 Å². The van der Waals surface area contributed by atoms with Crippen molar-refractivity contribution in [3.63, 3.8) is 0 Å². The van der Waals surface area contributed by atoms with Gasteiger partial charge in [-0.1, -0.05) is 20.8 Å². The van der Waals surface area contributed by atoms with E-state index >= 15 is 0 Å². The van der Waals surface area contributed by atoms with Crippen LogP contribution in [-0.2, 0) is 32.0 Å². The Labute approximate surface area is 201 Å². The second-order valence-electron chi connectivity index (χ2n) is 10.9. The lowest BCUT2D eigenvalue weighted by molar-refractivity contribution is -0.170. The number of aromatic nitrogens is 3. The van der Waals surface area contributed by atoms with Crippen LogP contribution in [-0.4, -0.2) is 49.6 Å². The normalized spacial score (nSPS) is 21.0. The van der Waals surface area contributed by atoms with Gasteiger partial charge in [0.05, 0.1) is 24.1 Å². The first-order valence-electron chi connectivity index (χ1n) is 12.0. The lowest BCUT2D eigenvalue weighted by atomic mass is 9.84. The summed E-state index contributed by atoms with van der Waals surface area (Å²) in [5.74, 6) is -1.50. The van der Waals surface area contributed by atoms with Crippen molar-refractivity contribution < 1.29 is 23.8 Å². The maximum Gasteiger partial charge on any atom is 0.407 e. The van der Waals surface area contributed by atoms with E-state index in [0.29, 0.717) is 12.1 Å². The molecule has 0 radical (unpaired) electrons. The fraction of sp³-hybridized carbons (Fsp3) is 0.680. The van der Waals surface area contributed by atoms with Crippen LogP contribution in [0.4, 0.5) is 4.79 Å². The van der Waals surface area contributed by atoms with Gasteiger partial charge in [-0.2, -0.15) is 0 Å². The van der Waals surface area contributed by atoms with Crippen molar-refractivity contribution in [2.45, 2.75) is 104 Å². The molecule has 3 heterocycles. The number of hydrogen-bond acceptors (Lipinski definition) is 7. The van der Waals surface area contributed by atoms with E-state index in [2.05, 4.69) is 26.8 Å². The van der Waals surface area contributed by atoms with Crippen molar-refractivity contribution in [3.8, 4) is 0 Å². The van der Waals surface area contributed by atoms with Crippen molar-refractivity contribution in [1.82, 2.24) is 19.9 Å². The fourth-order valence-electron chi connectivity index (χ4n) is 4.33. The number of nitrogens with one attached hydrogen (secondary N) is 1. The Balaban J connectivity index is 2.02. The van der Waals surface area contributed by atoms with Gasteiger partial charge in [0.15, 0.2) is 5.60 Å². The van der Waals surface area contributed by atoms with Gasteiger partial charge in [0.1, 0.15) is 11.1 Å². The molecule has 3 rings (SSSR count). The molecule has 0 saturated carbocycles. The maximum atomic E-state index is 13.4. The largest absolute Gasteiger partial charge is 0.444 e. The minimum Gasteiger partial charge on any atom is -0.444 e. The number of aryl methyl sites for hydroxylation is 1. The second-order valence-corrected chi connectivity index (χ2v) is 10.9. The van der Waals surface area contributed by atoms with Crippen molar-refractivity contribution in [2.75, 3.05) is 0 Å². The minimum atomic E-state index is -1.46. The summed E-state index contributed by atoms with van der Waals surface area (Å²) in [4.78, 5) is 35.1. The van der Waals surface area contributed by atoms with Crippen molar-refractivity contribution in [3.05, 3.63) is 24.3 Å². The molecule has 2 aromatic heterocycles. The number of imidazole rings is 1. The molecule has 1 N–H and O–H groups in total. The molecule has 0 aromatic carbocycles. The van der Waals surface area contributed by atoms with E-state index in [1.807, 2.05) is 19.9 Å². The highest BCUT2D eigenvalue weighted by Gasteiger charge is 2.59. The molecular weight excluding hydrogens is 436 g/mol.